The Hall–Kier alpha value is -1.90. The molecule has 0 aliphatic carbocycles. The van der Waals surface area contributed by atoms with E-state index in [1.165, 1.54) is 0 Å². The Labute approximate surface area is 155 Å². The number of amides is 1. The maximum Gasteiger partial charge on any atom is 0.239 e. The molecule has 0 heterocycles. The van der Waals surface area contributed by atoms with Crippen LogP contribution in [0.3, 0.4) is 0 Å². The van der Waals surface area contributed by atoms with E-state index in [1.54, 1.807) is 42.5 Å². The fraction of sp³-hybridized carbons (Fsp3) is 0.235. The summed E-state index contributed by atoms with van der Waals surface area (Å²) in [6.45, 7) is 2.12. The number of hydrogen-bond donors (Lipinski definition) is 2. The Balaban J connectivity index is 1.85. The van der Waals surface area contributed by atoms with E-state index in [0.717, 1.165) is 4.47 Å². The highest BCUT2D eigenvalue weighted by molar-refractivity contribution is 9.10. The third-order valence-corrected chi connectivity index (χ3v) is 4.94. The number of hydrogen-bond acceptors (Lipinski definition) is 4. The highest BCUT2D eigenvalue weighted by Gasteiger charge is 2.14. The molecule has 0 aliphatic heterocycles. The molecule has 0 radical (unpaired) electrons. The van der Waals surface area contributed by atoms with Gasteiger partial charge in [0, 0.05) is 10.2 Å². The van der Waals surface area contributed by atoms with Gasteiger partial charge in [0.05, 0.1) is 18.9 Å². The van der Waals surface area contributed by atoms with Crippen molar-refractivity contribution in [2.45, 2.75) is 12.7 Å². The molecule has 2 aromatic carbocycles. The highest BCUT2D eigenvalue weighted by atomic mass is 79.9. The number of sulfonamides is 1. The average molecular weight is 427 g/mol. The van der Waals surface area contributed by atoms with Gasteiger partial charge in [0.1, 0.15) is 5.75 Å². The molecule has 2 aromatic rings. The van der Waals surface area contributed by atoms with E-state index < -0.39 is 15.9 Å². The minimum absolute atomic E-state index is 0.192. The van der Waals surface area contributed by atoms with Crippen LogP contribution in [0.4, 0.5) is 5.69 Å². The van der Waals surface area contributed by atoms with Crippen molar-refractivity contribution >= 4 is 37.5 Å². The summed E-state index contributed by atoms with van der Waals surface area (Å²) in [5.74, 6) is 0.0696. The predicted molar refractivity (Wildman–Crippen MR) is 101 cm³/mol. The van der Waals surface area contributed by atoms with Crippen LogP contribution in [0.1, 0.15) is 12.5 Å². The van der Waals surface area contributed by atoms with Gasteiger partial charge in [0.15, 0.2) is 0 Å². The van der Waals surface area contributed by atoms with Crippen molar-refractivity contribution in [2.75, 3.05) is 18.5 Å². The van der Waals surface area contributed by atoms with Crippen molar-refractivity contribution in [1.29, 1.82) is 0 Å². The van der Waals surface area contributed by atoms with Gasteiger partial charge >= 0.3 is 0 Å². The molecule has 0 saturated carbocycles. The molecule has 0 spiro atoms. The van der Waals surface area contributed by atoms with E-state index in [0.29, 0.717) is 23.6 Å². The average Bonchev–Trinajstić information content (AvgIpc) is 2.55. The van der Waals surface area contributed by atoms with Crippen molar-refractivity contribution in [3.05, 3.63) is 58.6 Å². The van der Waals surface area contributed by atoms with E-state index in [1.807, 2.05) is 13.0 Å². The largest absolute Gasteiger partial charge is 0.494 e. The van der Waals surface area contributed by atoms with E-state index in [4.69, 9.17) is 4.74 Å². The Kier molecular flexibility index (Phi) is 6.98. The van der Waals surface area contributed by atoms with Gasteiger partial charge in [-0.15, -0.1) is 0 Å². The standard InChI is InChI=1S/C17H19BrN2O4S/c1-2-24-16-8-6-15(7-9-16)20-17(21)11-19-25(22,23)12-13-4-3-5-14(18)10-13/h3-10,19H,2,11-12H2,1H3,(H,20,21). The van der Waals surface area contributed by atoms with Gasteiger partial charge < -0.3 is 10.1 Å². The smallest absolute Gasteiger partial charge is 0.239 e. The lowest BCUT2D eigenvalue weighted by Crippen LogP contribution is -2.33. The Morgan fingerprint density at radius 1 is 1.16 bits per heavy atom. The number of rotatable bonds is 8. The summed E-state index contributed by atoms with van der Waals surface area (Å²) in [6, 6.07) is 13.9. The third-order valence-electron chi connectivity index (χ3n) is 3.15. The van der Waals surface area contributed by atoms with E-state index in [2.05, 4.69) is 26.0 Å². The quantitative estimate of drug-likeness (QED) is 0.679. The van der Waals surface area contributed by atoms with Gasteiger partial charge in [0.2, 0.25) is 15.9 Å². The fourth-order valence-corrected chi connectivity index (χ4v) is 3.60. The van der Waals surface area contributed by atoms with E-state index >= 15 is 0 Å². The molecule has 25 heavy (non-hydrogen) atoms. The third kappa shape index (κ3) is 6.85. The van der Waals surface area contributed by atoms with Crippen LogP contribution in [0.2, 0.25) is 0 Å². The lowest BCUT2D eigenvalue weighted by molar-refractivity contribution is -0.115. The highest BCUT2D eigenvalue weighted by Crippen LogP contribution is 2.16. The minimum atomic E-state index is -3.60. The molecule has 0 aliphatic rings. The molecule has 0 aromatic heterocycles. The first-order chi connectivity index (χ1) is 11.9. The summed E-state index contributed by atoms with van der Waals surface area (Å²) in [4.78, 5) is 11.9. The first-order valence-electron chi connectivity index (χ1n) is 7.62. The van der Waals surface area contributed by atoms with Crippen LogP contribution in [0.25, 0.3) is 0 Å². The second kappa shape index (κ2) is 8.98. The Bertz CT molecular complexity index is 823. The summed E-state index contributed by atoms with van der Waals surface area (Å²) >= 11 is 3.30. The number of halogens is 1. The van der Waals surface area contributed by atoms with Gasteiger partial charge in [-0.2, -0.15) is 0 Å². The fourth-order valence-electron chi connectivity index (χ4n) is 2.08. The monoisotopic (exact) mass is 426 g/mol. The lowest BCUT2D eigenvalue weighted by Gasteiger charge is -2.09. The molecule has 0 fully saturated rings. The molecular formula is C17H19BrN2O4S. The topological polar surface area (TPSA) is 84.5 Å². The first kappa shape index (κ1) is 19.4. The molecule has 0 atom stereocenters. The van der Waals surface area contributed by atoms with Crippen molar-refractivity contribution in [3.63, 3.8) is 0 Å². The molecule has 0 saturated heterocycles. The number of carbonyl (C=O) groups excluding carboxylic acids is 1. The SMILES string of the molecule is CCOc1ccc(NC(=O)CNS(=O)(=O)Cc2cccc(Br)c2)cc1. The number of carbonyl (C=O) groups is 1. The summed E-state index contributed by atoms with van der Waals surface area (Å²) in [6.07, 6.45) is 0. The predicted octanol–water partition coefficient (Wildman–Crippen LogP) is 2.91. The second-order valence-electron chi connectivity index (χ2n) is 5.22. The van der Waals surface area contributed by atoms with Gasteiger partial charge in [-0.1, -0.05) is 28.1 Å². The number of nitrogens with one attached hydrogen (secondary N) is 2. The molecule has 2 rings (SSSR count). The van der Waals surface area contributed by atoms with Gasteiger partial charge in [-0.05, 0) is 48.9 Å². The molecule has 2 N–H and O–H groups in total. The molecule has 1 amide bonds. The zero-order chi connectivity index (χ0) is 18.3. The zero-order valence-corrected chi connectivity index (χ0v) is 16.1. The van der Waals surface area contributed by atoms with E-state index in [-0.39, 0.29) is 12.3 Å². The normalized spacial score (nSPS) is 11.1. The number of benzene rings is 2. The summed E-state index contributed by atoms with van der Waals surface area (Å²) in [7, 11) is -3.60. The van der Waals surface area contributed by atoms with Crippen molar-refractivity contribution in [3.8, 4) is 5.75 Å². The minimum Gasteiger partial charge on any atom is -0.494 e. The Morgan fingerprint density at radius 3 is 2.52 bits per heavy atom. The lowest BCUT2D eigenvalue weighted by atomic mass is 10.2. The molecular weight excluding hydrogens is 408 g/mol. The summed E-state index contributed by atoms with van der Waals surface area (Å²) < 4.78 is 32.5. The molecule has 0 unspecified atom stereocenters. The van der Waals surface area contributed by atoms with Gasteiger partial charge in [-0.3, -0.25) is 4.79 Å². The van der Waals surface area contributed by atoms with Crippen LogP contribution < -0.4 is 14.8 Å². The first-order valence-corrected chi connectivity index (χ1v) is 10.1. The van der Waals surface area contributed by atoms with Crippen molar-refractivity contribution in [1.82, 2.24) is 4.72 Å². The van der Waals surface area contributed by atoms with Crippen LogP contribution >= 0.6 is 15.9 Å². The summed E-state index contributed by atoms with van der Waals surface area (Å²) in [5, 5.41) is 2.63. The van der Waals surface area contributed by atoms with Crippen LogP contribution in [-0.2, 0) is 20.6 Å². The molecule has 6 nitrogen and oxygen atoms in total. The van der Waals surface area contributed by atoms with Gasteiger partial charge in [0.25, 0.3) is 0 Å². The Morgan fingerprint density at radius 2 is 1.88 bits per heavy atom. The van der Waals surface area contributed by atoms with Crippen molar-refractivity contribution < 1.29 is 17.9 Å². The summed E-state index contributed by atoms with van der Waals surface area (Å²) in [5.41, 5.74) is 1.20. The molecule has 0 bridgehead atoms. The van der Waals surface area contributed by atoms with Gasteiger partial charge in [-0.25, -0.2) is 13.1 Å². The second-order valence-corrected chi connectivity index (χ2v) is 7.94. The molecule has 8 heteroatoms. The molecule has 134 valence electrons. The maximum atomic E-state index is 12.1. The van der Waals surface area contributed by atoms with E-state index in [9.17, 15) is 13.2 Å². The number of ether oxygens (including phenoxy) is 1. The van der Waals surface area contributed by atoms with Crippen LogP contribution in [0, 0.1) is 0 Å². The number of anilines is 1. The van der Waals surface area contributed by atoms with Crippen LogP contribution in [0.5, 0.6) is 5.75 Å². The zero-order valence-electron chi connectivity index (χ0n) is 13.7. The van der Waals surface area contributed by atoms with Crippen LogP contribution in [-0.4, -0.2) is 27.5 Å². The van der Waals surface area contributed by atoms with Crippen LogP contribution in [0.15, 0.2) is 53.0 Å². The maximum absolute atomic E-state index is 12.1. The van der Waals surface area contributed by atoms with Crippen molar-refractivity contribution in [2.24, 2.45) is 0 Å².